The predicted octanol–water partition coefficient (Wildman–Crippen LogP) is 0.589. The first-order chi connectivity index (χ1) is 13.3. The van der Waals surface area contributed by atoms with Crippen molar-refractivity contribution >= 4 is 27.3 Å². The molecule has 1 amide bonds. The van der Waals surface area contributed by atoms with Gasteiger partial charge in [0.2, 0.25) is 15.9 Å². The van der Waals surface area contributed by atoms with E-state index in [1.807, 2.05) is 0 Å². The summed E-state index contributed by atoms with van der Waals surface area (Å²) in [5, 5.41) is 13.7. The molecule has 156 valence electrons. The van der Waals surface area contributed by atoms with Crippen LogP contribution in [-0.2, 0) is 19.6 Å². The van der Waals surface area contributed by atoms with Crippen molar-refractivity contribution in [3.05, 3.63) is 34.4 Å². The highest BCUT2D eigenvalue weighted by Crippen LogP contribution is 2.23. The molecule has 0 bridgehead atoms. The molecular formula is C17H26N4O6S. The number of hydrogen-bond donors (Lipinski definition) is 1. The van der Waals surface area contributed by atoms with Gasteiger partial charge < -0.3 is 10.1 Å². The number of anilines is 1. The third kappa shape index (κ3) is 7.06. The van der Waals surface area contributed by atoms with Gasteiger partial charge in [-0.3, -0.25) is 24.1 Å². The number of nitro groups is 1. The Kier molecular flexibility index (Phi) is 8.15. The van der Waals surface area contributed by atoms with Crippen LogP contribution in [0.25, 0.3) is 0 Å². The molecule has 0 saturated carbocycles. The van der Waals surface area contributed by atoms with Crippen molar-refractivity contribution in [3.8, 4) is 0 Å². The number of hydrogen-bond acceptors (Lipinski definition) is 7. The van der Waals surface area contributed by atoms with Crippen LogP contribution in [-0.4, -0.2) is 76.3 Å². The second-order valence-electron chi connectivity index (χ2n) is 6.52. The molecule has 1 aliphatic heterocycles. The molecule has 1 saturated heterocycles. The van der Waals surface area contributed by atoms with E-state index in [0.29, 0.717) is 26.2 Å². The number of ether oxygens (including phenoxy) is 1. The van der Waals surface area contributed by atoms with E-state index >= 15 is 0 Å². The van der Waals surface area contributed by atoms with Crippen LogP contribution in [0.5, 0.6) is 0 Å². The molecule has 2 rings (SSSR count). The van der Waals surface area contributed by atoms with E-state index in [-0.39, 0.29) is 30.2 Å². The molecule has 0 unspecified atom stereocenters. The fourth-order valence-electron chi connectivity index (χ4n) is 2.90. The average Bonchev–Trinajstić information content (AvgIpc) is 2.65. The fourth-order valence-corrected chi connectivity index (χ4v) is 3.86. The summed E-state index contributed by atoms with van der Waals surface area (Å²) >= 11 is 0. The zero-order valence-electron chi connectivity index (χ0n) is 15.9. The standard InChI is InChI=1S/C17H26N4O6S/c1-28(25,26)20(15-4-2-5-16(14-15)21(23)24)8-3-6-17(22)18-7-9-19-10-12-27-13-11-19/h2,4-5,14H,3,6-13H2,1H3,(H,18,22). The van der Waals surface area contributed by atoms with Gasteiger partial charge in [0, 0.05) is 51.3 Å². The largest absolute Gasteiger partial charge is 0.379 e. The van der Waals surface area contributed by atoms with Crippen LogP contribution in [0.3, 0.4) is 0 Å². The summed E-state index contributed by atoms with van der Waals surface area (Å²) < 4.78 is 30.5. The number of nitro benzene ring substituents is 1. The maximum absolute atomic E-state index is 12.1. The van der Waals surface area contributed by atoms with Crippen molar-refractivity contribution < 1.29 is 22.9 Å². The Balaban J connectivity index is 1.82. The zero-order chi connectivity index (χ0) is 20.6. The fraction of sp³-hybridized carbons (Fsp3) is 0.588. The van der Waals surface area contributed by atoms with Crippen molar-refractivity contribution in [1.29, 1.82) is 0 Å². The second kappa shape index (κ2) is 10.3. The van der Waals surface area contributed by atoms with Crippen molar-refractivity contribution in [3.63, 3.8) is 0 Å². The Morgan fingerprint density at radius 2 is 2.07 bits per heavy atom. The van der Waals surface area contributed by atoms with E-state index in [4.69, 9.17) is 4.74 Å². The van der Waals surface area contributed by atoms with Crippen LogP contribution < -0.4 is 9.62 Å². The average molecular weight is 414 g/mol. The highest BCUT2D eigenvalue weighted by molar-refractivity contribution is 7.92. The number of nitrogens with zero attached hydrogens (tertiary/aromatic N) is 3. The molecule has 0 aliphatic carbocycles. The van der Waals surface area contributed by atoms with Crippen molar-refractivity contribution in [2.24, 2.45) is 0 Å². The minimum atomic E-state index is -3.63. The lowest BCUT2D eigenvalue weighted by Crippen LogP contribution is -2.41. The molecule has 1 aromatic rings. The van der Waals surface area contributed by atoms with Gasteiger partial charge in [-0.05, 0) is 12.5 Å². The van der Waals surface area contributed by atoms with Crippen LogP contribution in [0.1, 0.15) is 12.8 Å². The summed E-state index contributed by atoms with van der Waals surface area (Å²) in [5.41, 5.74) is 0.0245. The molecular weight excluding hydrogens is 388 g/mol. The normalized spacial score (nSPS) is 15.2. The van der Waals surface area contributed by atoms with Gasteiger partial charge in [-0.25, -0.2) is 8.42 Å². The van der Waals surface area contributed by atoms with Crippen molar-refractivity contribution in [1.82, 2.24) is 10.2 Å². The summed E-state index contributed by atoms with van der Waals surface area (Å²) in [6.45, 7) is 4.44. The number of nitrogens with one attached hydrogen (secondary N) is 1. The lowest BCUT2D eigenvalue weighted by molar-refractivity contribution is -0.384. The minimum absolute atomic E-state index is 0.0664. The van der Waals surface area contributed by atoms with Crippen molar-refractivity contribution in [2.75, 3.05) is 56.5 Å². The van der Waals surface area contributed by atoms with Gasteiger partial charge in [-0.1, -0.05) is 6.07 Å². The van der Waals surface area contributed by atoms with Gasteiger partial charge in [0.05, 0.1) is 30.1 Å². The lowest BCUT2D eigenvalue weighted by Gasteiger charge is -2.26. The summed E-state index contributed by atoms with van der Waals surface area (Å²) in [5.74, 6) is -0.152. The van der Waals surface area contributed by atoms with Crippen LogP contribution in [0.4, 0.5) is 11.4 Å². The summed E-state index contributed by atoms with van der Waals surface area (Å²) in [7, 11) is -3.63. The Morgan fingerprint density at radius 1 is 1.36 bits per heavy atom. The molecule has 0 spiro atoms. The molecule has 1 N–H and O–H groups in total. The third-order valence-electron chi connectivity index (χ3n) is 4.35. The first-order valence-corrected chi connectivity index (χ1v) is 10.9. The van der Waals surface area contributed by atoms with Gasteiger partial charge in [0.1, 0.15) is 0 Å². The molecule has 28 heavy (non-hydrogen) atoms. The number of amides is 1. The Hall–Kier alpha value is -2.24. The van der Waals surface area contributed by atoms with Gasteiger partial charge in [0.25, 0.3) is 5.69 Å². The highest BCUT2D eigenvalue weighted by atomic mass is 32.2. The molecule has 1 fully saturated rings. The molecule has 0 radical (unpaired) electrons. The Labute approximate surface area is 164 Å². The van der Waals surface area contributed by atoms with Crippen LogP contribution in [0.2, 0.25) is 0 Å². The third-order valence-corrected chi connectivity index (χ3v) is 5.54. The second-order valence-corrected chi connectivity index (χ2v) is 8.43. The maximum atomic E-state index is 12.1. The summed E-state index contributed by atoms with van der Waals surface area (Å²) in [6, 6.07) is 5.44. The number of rotatable bonds is 10. The predicted molar refractivity (Wildman–Crippen MR) is 105 cm³/mol. The molecule has 1 aliphatic rings. The molecule has 1 heterocycles. The topological polar surface area (TPSA) is 122 Å². The monoisotopic (exact) mass is 414 g/mol. The highest BCUT2D eigenvalue weighted by Gasteiger charge is 2.20. The zero-order valence-corrected chi connectivity index (χ0v) is 16.7. The number of benzene rings is 1. The number of carbonyl (C=O) groups is 1. The van der Waals surface area contributed by atoms with Crippen molar-refractivity contribution in [2.45, 2.75) is 12.8 Å². The molecule has 1 aromatic carbocycles. The Bertz CT molecular complexity index is 780. The number of sulfonamides is 1. The first kappa shape index (κ1) is 22.1. The number of carbonyl (C=O) groups excluding carboxylic acids is 1. The molecule has 0 aromatic heterocycles. The van der Waals surface area contributed by atoms with E-state index in [0.717, 1.165) is 30.2 Å². The van der Waals surface area contributed by atoms with Gasteiger partial charge in [-0.15, -0.1) is 0 Å². The minimum Gasteiger partial charge on any atom is -0.379 e. The van der Waals surface area contributed by atoms with E-state index in [9.17, 15) is 23.3 Å². The van der Waals surface area contributed by atoms with Gasteiger partial charge in [-0.2, -0.15) is 0 Å². The summed E-state index contributed by atoms with van der Waals surface area (Å²) in [6.07, 6.45) is 1.51. The van der Waals surface area contributed by atoms with E-state index in [1.165, 1.54) is 24.3 Å². The van der Waals surface area contributed by atoms with Gasteiger partial charge >= 0.3 is 0 Å². The van der Waals surface area contributed by atoms with Crippen LogP contribution >= 0.6 is 0 Å². The SMILES string of the molecule is CS(=O)(=O)N(CCCC(=O)NCCN1CCOCC1)c1cccc([N+](=O)[O-])c1. The number of non-ortho nitro benzene ring substituents is 1. The Morgan fingerprint density at radius 3 is 2.71 bits per heavy atom. The van der Waals surface area contributed by atoms with Crippen LogP contribution in [0, 0.1) is 10.1 Å². The smallest absolute Gasteiger partial charge is 0.271 e. The summed E-state index contributed by atoms with van der Waals surface area (Å²) in [4.78, 5) is 24.5. The first-order valence-electron chi connectivity index (χ1n) is 9.06. The van der Waals surface area contributed by atoms with Crippen LogP contribution in [0.15, 0.2) is 24.3 Å². The molecule has 0 atom stereocenters. The lowest BCUT2D eigenvalue weighted by atomic mass is 10.2. The van der Waals surface area contributed by atoms with E-state index < -0.39 is 14.9 Å². The molecule has 10 nitrogen and oxygen atoms in total. The van der Waals surface area contributed by atoms with E-state index in [2.05, 4.69) is 10.2 Å². The number of morpholine rings is 1. The van der Waals surface area contributed by atoms with E-state index in [1.54, 1.807) is 0 Å². The molecule has 11 heteroatoms. The van der Waals surface area contributed by atoms with Gasteiger partial charge in [0.15, 0.2) is 0 Å². The quantitative estimate of drug-likeness (QED) is 0.439. The maximum Gasteiger partial charge on any atom is 0.271 e.